The maximum Gasteiger partial charge on any atom is 0.131 e. The number of benzene rings is 1. The highest BCUT2D eigenvalue weighted by Crippen LogP contribution is 2.34. The lowest BCUT2D eigenvalue weighted by molar-refractivity contribution is 0.392. The SMILES string of the molecule is COc1cccc(F)c1C(C)NC1CC1C. The number of halogens is 1. The molecule has 2 nitrogen and oxygen atoms in total. The van der Waals surface area contributed by atoms with Gasteiger partial charge in [-0.15, -0.1) is 0 Å². The maximum absolute atomic E-state index is 13.7. The summed E-state index contributed by atoms with van der Waals surface area (Å²) in [6.07, 6.45) is 1.18. The first-order chi connectivity index (χ1) is 7.63. The van der Waals surface area contributed by atoms with E-state index in [1.54, 1.807) is 19.2 Å². The minimum atomic E-state index is -0.201. The van der Waals surface area contributed by atoms with Gasteiger partial charge in [0.25, 0.3) is 0 Å². The van der Waals surface area contributed by atoms with Gasteiger partial charge in [0.15, 0.2) is 0 Å². The maximum atomic E-state index is 13.7. The molecule has 2 rings (SSSR count). The molecular weight excluding hydrogens is 205 g/mol. The molecule has 1 N–H and O–H groups in total. The molecule has 3 atom stereocenters. The summed E-state index contributed by atoms with van der Waals surface area (Å²) in [6, 6.07) is 5.47. The van der Waals surface area contributed by atoms with Crippen LogP contribution in [0.25, 0.3) is 0 Å². The molecule has 0 heterocycles. The number of nitrogens with one attached hydrogen (secondary N) is 1. The average molecular weight is 223 g/mol. The fourth-order valence-electron chi connectivity index (χ4n) is 2.07. The molecule has 16 heavy (non-hydrogen) atoms. The smallest absolute Gasteiger partial charge is 0.131 e. The van der Waals surface area contributed by atoms with Gasteiger partial charge in [-0.1, -0.05) is 13.0 Å². The Morgan fingerprint density at radius 3 is 2.75 bits per heavy atom. The molecule has 0 aromatic heterocycles. The second-order valence-electron chi connectivity index (χ2n) is 4.56. The summed E-state index contributed by atoms with van der Waals surface area (Å²) >= 11 is 0. The zero-order valence-corrected chi connectivity index (χ0v) is 9.96. The molecule has 0 aliphatic heterocycles. The number of ether oxygens (including phenoxy) is 1. The van der Waals surface area contributed by atoms with Gasteiger partial charge in [-0.25, -0.2) is 4.39 Å². The van der Waals surface area contributed by atoms with Crippen molar-refractivity contribution in [3.63, 3.8) is 0 Å². The van der Waals surface area contributed by atoms with Crippen LogP contribution in [0, 0.1) is 11.7 Å². The second kappa shape index (κ2) is 4.42. The summed E-state index contributed by atoms with van der Waals surface area (Å²) in [5, 5.41) is 3.42. The van der Waals surface area contributed by atoms with Crippen molar-refractivity contribution in [3.8, 4) is 5.75 Å². The fraction of sp³-hybridized carbons (Fsp3) is 0.538. The van der Waals surface area contributed by atoms with Gasteiger partial charge < -0.3 is 10.1 Å². The van der Waals surface area contributed by atoms with E-state index >= 15 is 0 Å². The second-order valence-corrected chi connectivity index (χ2v) is 4.56. The van der Waals surface area contributed by atoms with Gasteiger partial charge in [-0.05, 0) is 31.4 Å². The highest BCUT2D eigenvalue weighted by molar-refractivity contribution is 5.37. The van der Waals surface area contributed by atoms with E-state index in [2.05, 4.69) is 12.2 Å². The Morgan fingerprint density at radius 1 is 1.50 bits per heavy atom. The molecule has 1 saturated carbocycles. The first-order valence-electron chi connectivity index (χ1n) is 5.72. The Bertz CT molecular complexity index is 380. The molecule has 0 saturated heterocycles. The Morgan fingerprint density at radius 2 is 2.19 bits per heavy atom. The topological polar surface area (TPSA) is 21.3 Å². The molecule has 1 aromatic carbocycles. The van der Waals surface area contributed by atoms with Gasteiger partial charge in [0.05, 0.1) is 7.11 Å². The third-order valence-corrected chi connectivity index (χ3v) is 3.24. The average Bonchev–Trinajstić information content (AvgIpc) is 2.93. The Balaban J connectivity index is 2.17. The first-order valence-corrected chi connectivity index (χ1v) is 5.72. The van der Waals surface area contributed by atoms with Crippen LogP contribution in [0.15, 0.2) is 18.2 Å². The Kier molecular flexibility index (Phi) is 3.15. The quantitative estimate of drug-likeness (QED) is 0.847. The molecule has 88 valence electrons. The zero-order valence-electron chi connectivity index (χ0n) is 9.96. The van der Waals surface area contributed by atoms with Crippen molar-refractivity contribution in [2.24, 2.45) is 5.92 Å². The van der Waals surface area contributed by atoms with Crippen molar-refractivity contribution in [2.45, 2.75) is 32.4 Å². The third-order valence-electron chi connectivity index (χ3n) is 3.24. The van der Waals surface area contributed by atoms with E-state index in [0.717, 1.165) is 0 Å². The highest BCUT2D eigenvalue weighted by atomic mass is 19.1. The minimum absolute atomic E-state index is 0.00824. The Labute approximate surface area is 95.8 Å². The standard InChI is InChI=1S/C13H18FNO/c1-8-7-11(8)15-9(2)13-10(14)5-4-6-12(13)16-3/h4-6,8-9,11,15H,7H2,1-3H3. The van der Waals surface area contributed by atoms with Crippen molar-refractivity contribution in [1.82, 2.24) is 5.32 Å². The number of rotatable bonds is 4. The molecule has 1 aliphatic carbocycles. The van der Waals surface area contributed by atoms with Crippen LogP contribution < -0.4 is 10.1 Å². The van der Waals surface area contributed by atoms with Gasteiger partial charge >= 0.3 is 0 Å². The molecule has 0 spiro atoms. The summed E-state index contributed by atoms with van der Waals surface area (Å²) in [5.74, 6) is 1.13. The van der Waals surface area contributed by atoms with E-state index in [1.807, 2.05) is 6.92 Å². The van der Waals surface area contributed by atoms with Gasteiger partial charge in [0.1, 0.15) is 11.6 Å². The normalized spacial score (nSPS) is 25.2. The van der Waals surface area contributed by atoms with E-state index < -0.39 is 0 Å². The molecule has 3 heteroatoms. The van der Waals surface area contributed by atoms with Crippen molar-refractivity contribution in [2.75, 3.05) is 7.11 Å². The van der Waals surface area contributed by atoms with Crippen LogP contribution >= 0.6 is 0 Å². The number of hydrogen-bond donors (Lipinski definition) is 1. The van der Waals surface area contributed by atoms with Crippen molar-refractivity contribution >= 4 is 0 Å². The summed E-state index contributed by atoms with van der Waals surface area (Å²) in [5.41, 5.74) is 0.629. The van der Waals surface area contributed by atoms with Gasteiger partial charge in [0.2, 0.25) is 0 Å². The molecule has 1 aliphatic rings. The van der Waals surface area contributed by atoms with Crippen molar-refractivity contribution in [1.29, 1.82) is 0 Å². The van der Waals surface area contributed by atoms with Crippen LogP contribution in [0.1, 0.15) is 31.9 Å². The monoisotopic (exact) mass is 223 g/mol. The molecule has 1 aromatic rings. The van der Waals surface area contributed by atoms with Crippen molar-refractivity contribution < 1.29 is 9.13 Å². The molecular formula is C13H18FNO. The molecule has 0 bridgehead atoms. The lowest BCUT2D eigenvalue weighted by Crippen LogP contribution is -2.23. The van der Waals surface area contributed by atoms with E-state index in [-0.39, 0.29) is 11.9 Å². The largest absolute Gasteiger partial charge is 0.496 e. The van der Waals surface area contributed by atoms with Gasteiger partial charge in [-0.2, -0.15) is 0 Å². The lowest BCUT2D eigenvalue weighted by Gasteiger charge is -2.17. The fourth-order valence-corrected chi connectivity index (χ4v) is 2.07. The van der Waals surface area contributed by atoms with Crippen molar-refractivity contribution in [3.05, 3.63) is 29.6 Å². The van der Waals surface area contributed by atoms with Crippen LogP contribution in [0.4, 0.5) is 4.39 Å². The van der Waals surface area contributed by atoms with Gasteiger partial charge in [-0.3, -0.25) is 0 Å². The number of hydrogen-bond acceptors (Lipinski definition) is 2. The molecule has 3 unspecified atom stereocenters. The van der Waals surface area contributed by atoms with Gasteiger partial charge in [0, 0.05) is 17.6 Å². The zero-order chi connectivity index (χ0) is 11.7. The minimum Gasteiger partial charge on any atom is -0.496 e. The van der Waals surface area contributed by atoms with E-state index in [1.165, 1.54) is 12.5 Å². The highest BCUT2D eigenvalue weighted by Gasteiger charge is 2.34. The van der Waals surface area contributed by atoms with E-state index in [9.17, 15) is 4.39 Å². The summed E-state index contributed by atoms with van der Waals surface area (Å²) in [6.45, 7) is 4.18. The van der Waals surface area contributed by atoms with Crippen LogP contribution in [-0.2, 0) is 0 Å². The number of methoxy groups -OCH3 is 1. The third kappa shape index (κ3) is 2.19. The Hall–Kier alpha value is -1.09. The van der Waals surface area contributed by atoms with Crippen LogP contribution in [0.2, 0.25) is 0 Å². The molecule has 1 fully saturated rings. The van der Waals surface area contributed by atoms with E-state index in [0.29, 0.717) is 23.3 Å². The van der Waals surface area contributed by atoms with Crippen LogP contribution in [-0.4, -0.2) is 13.2 Å². The summed E-state index contributed by atoms with van der Waals surface area (Å²) < 4.78 is 18.9. The predicted octanol–water partition coefficient (Wildman–Crippen LogP) is 2.89. The predicted molar refractivity (Wildman–Crippen MR) is 62.1 cm³/mol. The lowest BCUT2D eigenvalue weighted by atomic mass is 10.1. The molecule has 0 radical (unpaired) electrons. The van der Waals surface area contributed by atoms with E-state index in [4.69, 9.17) is 4.74 Å². The van der Waals surface area contributed by atoms with Crippen LogP contribution in [0.5, 0.6) is 5.75 Å². The van der Waals surface area contributed by atoms with Crippen LogP contribution in [0.3, 0.4) is 0 Å². The summed E-state index contributed by atoms with van der Waals surface area (Å²) in [4.78, 5) is 0. The molecule has 0 amide bonds. The first kappa shape index (κ1) is 11.4. The summed E-state index contributed by atoms with van der Waals surface area (Å²) in [7, 11) is 1.57.